The lowest BCUT2D eigenvalue weighted by Crippen LogP contribution is -2.31. The molecule has 0 aromatic heterocycles. The van der Waals surface area contributed by atoms with E-state index in [1.54, 1.807) is 26.2 Å². The quantitative estimate of drug-likeness (QED) is 0.669. The number of rotatable bonds is 4. The molecular formula is C14H20N2O3. The molecule has 5 heteroatoms. The van der Waals surface area contributed by atoms with Crippen molar-refractivity contribution < 1.29 is 9.66 Å². The van der Waals surface area contributed by atoms with Crippen LogP contribution in [0.4, 0.5) is 11.4 Å². The molecule has 0 aliphatic heterocycles. The van der Waals surface area contributed by atoms with Crippen LogP contribution >= 0.6 is 0 Å². The molecule has 5 nitrogen and oxygen atoms in total. The van der Waals surface area contributed by atoms with Crippen molar-refractivity contribution in [3.63, 3.8) is 0 Å². The highest BCUT2D eigenvalue weighted by atomic mass is 16.6. The first-order chi connectivity index (χ1) is 9.11. The van der Waals surface area contributed by atoms with Gasteiger partial charge in [-0.2, -0.15) is 0 Å². The summed E-state index contributed by atoms with van der Waals surface area (Å²) in [7, 11) is 1.74. The Bertz CT molecular complexity index is 462. The predicted octanol–water partition coefficient (Wildman–Crippen LogP) is 3.27. The molecule has 1 aliphatic carbocycles. The van der Waals surface area contributed by atoms with Gasteiger partial charge in [-0.25, -0.2) is 0 Å². The van der Waals surface area contributed by atoms with Gasteiger partial charge in [0.05, 0.1) is 11.0 Å². The minimum Gasteiger partial charge on any atom is -0.382 e. The van der Waals surface area contributed by atoms with Crippen molar-refractivity contribution in [1.82, 2.24) is 0 Å². The molecule has 2 atom stereocenters. The molecule has 1 aromatic rings. The molecule has 2 unspecified atom stereocenters. The maximum absolute atomic E-state index is 10.9. The Morgan fingerprint density at radius 1 is 1.42 bits per heavy atom. The van der Waals surface area contributed by atoms with Gasteiger partial charge in [0.25, 0.3) is 5.69 Å². The third-order valence-electron chi connectivity index (χ3n) is 3.82. The zero-order chi connectivity index (χ0) is 13.8. The van der Waals surface area contributed by atoms with Crippen LogP contribution in [0, 0.1) is 17.0 Å². The molecule has 0 radical (unpaired) electrons. The molecule has 19 heavy (non-hydrogen) atoms. The van der Waals surface area contributed by atoms with E-state index in [0.29, 0.717) is 17.7 Å². The maximum Gasteiger partial charge on any atom is 0.274 e. The highest BCUT2D eigenvalue weighted by molar-refractivity contribution is 5.60. The van der Waals surface area contributed by atoms with E-state index in [1.165, 1.54) is 0 Å². The lowest BCUT2D eigenvalue weighted by molar-refractivity contribution is -0.385. The number of nitrogens with zero attached hydrogens (tertiary/aromatic N) is 1. The second-order valence-corrected chi connectivity index (χ2v) is 5.07. The smallest absolute Gasteiger partial charge is 0.274 e. The summed E-state index contributed by atoms with van der Waals surface area (Å²) in [5.41, 5.74) is 1.73. The molecule has 0 heterocycles. The monoisotopic (exact) mass is 264 g/mol. The molecule has 1 fully saturated rings. The van der Waals surface area contributed by atoms with Gasteiger partial charge in [-0.3, -0.25) is 10.1 Å². The van der Waals surface area contributed by atoms with Crippen molar-refractivity contribution in [3.8, 4) is 0 Å². The van der Waals surface area contributed by atoms with E-state index >= 15 is 0 Å². The number of nitrogens with one attached hydrogen (secondary N) is 1. The number of methoxy groups -OCH3 is 1. The van der Waals surface area contributed by atoms with Crippen LogP contribution in [0.5, 0.6) is 0 Å². The van der Waals surface area contributed by atoms with Crippen LogP contribution in [0.1, 0.15) is 31.2 Å². The molecule has 1 saturated carbocycles. The van der Waals surface area contributed by atoms with Crippen molar-refractivity contribution in [3.05, 3.63) is 33.9 Å². The van der Waals surface area contributed by atoms with Gasteiger partial charge < -0.3 is 10.1 Å². The molecule has 104 valence electrons. The van der Waals surface area contributed by atoms with Crippen LogP contribution in [0.15, 0.2) is 18.2 Å². The molecule has 0 bridgehead atoms. The van der Waals surface area contributed by atoms with E-state index in [0.717, 1.165) is 31.4 Å². The van der Waals surface area contributed by atoms with Crippen LogP contribution in [0.25, 0.3) is 0 Å². The first kappa shape index (κ1) is 13.8. The summed E-state index contributed by atoms with van der Waals surface area (Å²) in [4.78, 5) is 10.6. The first-order valence-electron chi connectivity index (χ1n) is 6.65. The van der Waals surface area contributed by atoms with Crippen LogP contribution in [-0.4, -0.2) is 24.2 Å². The molecule has 0 saturated heterocycles. The SMILES string of the molecule is COC1CCCC(Nc2cccc([N+](=O)[O-])c2C)C1. The van der Waals surface area contributed by atoms with Crippen LogP contribution in [0.3, 0.4) is 0 Å². The Morgan fingerprint density at radius 2 is 2.21 bits per heavy atom. The van der Waals surface area contributed by atoms with Gasteiger partial charge >= 0.3 is 0 Å². The Kier molecular flexibility index (Phi) is 4.37. The number of benzene rings is 1. The molecular weight excluding hydrogens is 244 g/mol. The van der Waals surface area contributed by atoms with Gasteiger partial charge in [-0.1, -0.05) is 6.07 Å². The summed E-state index contributed by atoms with van der Waals surface area (Å²) < 4.78 is 5.40. The highest BCUT2D eigenvalue weighted by Gasteiger charge is 2.23. The third-order valence-corrected chi connectivity index (χ3v) is 3.82. The first-order valence-corrected chi connectivity index (χ1v) is 6.65. The van der Waals surface area contributed by atoms with Crippen LogP contribution in [0.2, 0.25) is 0 Å². The molecule has 0 spiro atoms. The van der Waals surface area contributed by atoms with E-state index in [1.807, 2.05) is 6.07 Å². The van der Waals surface area contributed by atoms with Gasteiger partial charge in [-0.15, -0.1) is 0 Å². The summed E-state index contributed by atoms with van der Waals surface area (Å²) >= 11 is 0. The fraction of sp³-hybridized carbons (Fsp3) is 0.571. The normalized spacial score (nSPS) is 23.1. The van der Waals surface area contributed by atoms with Gasteiger partial charge in [-0.05, 0) is 38.7 Å². The average Bonchev–Trinajstić information content (AvgIpc) is 2.41. The van der Waals surface area contributed by atoms with E-state index in [-0.39, 0.29) is 10.6 Å². The molecule has 2 rings (SSSR count). The van der Waals surface area contributed by atoms with Crippen LogP contribution < -0.4 is 5.32 Å². The molecule has 0 amide bonds. The third kappa shape index (κ3) is 3.23. The van der Waals surface area contributed by atoms with Gasteiger partial charge in [0.2, 0.25) is 0 Å². The summed E-state index contributed by atoms with van der Waals surface area (Å²) in [6.45, 7) is 1.79. The Hall–Kier alpha value is -1.62. The second kappa shape index (κ2) is 6.02. The highest BCUT2D eigenvalue weighted by Crippen LogP contribution is 2.29. The lowest BCUT2D eigenvalue weighted by atomic mass is 9.92. The summed E-state index contributed by atoms with van der Waals surface area (Å²) in [5.74, 6) is 0. The van der Waals surface area contributed by atoms with Crippen molar-refractivity contribution in [2.24, 2.45) is 0 Å². The molecule has 1 aromatic carbocycles. The van der Waals surface area contributed by atoms with Crippen molar-refractivity contribution in [1.29, 1.82) is 0 Å². The van der Waals surface area contributed by atoms with Gasteiger partial charge in [0.1, 0.15) is 0 Å². The topological polar surface area (TPSA) is 64.4 Å². The van der Waals surface area contributed by atoms with Crippen molar-refractivity contribution in [2.75, 3.05) is 12.4 Å². The second-order valence-electron chi connectivity index (χ2n) is 5.07. The average molecular weight is 264 g/mol. The summed E-state index contributed by atoms with van der Waals surface area (Å²) in [6.07, 6.45) is 4.57. The number of hydrogen-bond donors (Lipinski definition) is 1. The maximum atomic E-state index is 10.9. The fourth-order valence-electron chi connectivity index (χ4n) is 2.69. The molecule has 1 N–H and O–H groups in total. The minimum absolute atomic E-state index is 0.170. The number of ether oxygens (including phenoxy) is 1. The largest absolute Gasteiger partial charge is 0.382 e. The predicted molar refractivity (Wildman–Crippen MR) is 74.5 cm³/mol. The fourth-order valence-corrected chi connectivity index (χ4v) is 2.69. The standard InChI is InChI=1S/C14H20N2O3/c1-10-13(7-4-8-14(10)16(17)18)15-11-5-3-6-12(9-11)19-2/h4,7-8,11-12,15H,3,5-6,9H2,1-2H3. The van der Waals surface area contributed by atoms with Crippen molar-refractivity contribution in [2.45, 2.75) is 44.8 Å². The minimum atomic E-state index is -0.334. The lowest BCUT2D eigenvalue weighted by Gasteiger charge is -2.29. The van der Waals surface area contributed by atoms with E-state index in [9.17, 15) is 10.1 Å². The summed E-state index contributed by atoms with van der Waals surface area (Å²) in [5, 5.41) is 14.3. The van der Waals surface area contributed by atoms with E-state index in [2.05, 4.69) is 5.32 Å². The number of nitro groups is 1. The zero-order valence-corrected chi connectivity index (χ0v) is 11.4. The van der Waals surface area contributed by atoms with E-state index in [4.69, 9.17) is 4.74 Å². The van der Waals surface area contributed by atoms with Gasteiger partial charge in [0, 0.05) is 30.5 Å². The summed E-state index contributed by atoms with van der Waals surface area (Å²) in [6, 6.07) is 5.50. The Labute approximate surface area is 113 Å². The number of hydrogen-bond acceptors (Lipinski definition) is 4. The Morgan fingerprint density at radius 3 is 2.89 bits per heavy atom. The zero-order valence-electron chi connectivity index (χ0n) is 11.4. The van der Waals surface area contributed by atoms with Crippen molar-refractivity contribution >= 4 is 11.4 Å². The van der Waals surface area contributed by atoms with E-state index < -0.39 is 0 Å². The van der Waals surface area contributed by atoms with Gasteiger partial charge in [0.15, 0.2) is 0 Å². The molecule has 1 aliphatic rings. The van der Waals surface area contributed by atoms with Crippen LogP contribution in [-0.2, 0) is 4.74 Å². The Balaban J connectivity index is 2.10. The number of anilines is 1. The number of nitro benzene ring substituents is 1.